The minimum absolute atomic E-state index is 0.0859. The number of benzene rings is 2. The summed E-state index contributed by atoms with van der Waals surface area (Å²) in [7, 11) is 1.36. The zero-order valence-electron chi connectivity index (χ0n) is 12.0. The van der Waals surface area contributed by atoms with Crippen molar-refractivity contribution in [2.75, 3.05) is 12.4 Å². The van der Waals surface area contributed by atoms with Gasteiger partial charge in [-0.25, -0.2) is 13.2 Å². The van der Waals surface area contributed by atoms with Crippen molar-refractivity contribution in [3.05, 3.63) is 58.9 Å². The first kappa shape index (κ1) is 15.2. The summed E-state index contributed by atoms with van der Waals surface area (Å²) in [5, 5.41) is 2.99. The van der Waals surface area contributed by atoms with E-state index in [9.17, 15) is 13.2 Å². The highest BCUT2D eigenvalue weighted by Gasteiger charge is 2.14. The largest absolute Gasteiger partial charge is 0.494 e. The fourth-order valence-corrected chi connectivity index (χ4v) is 2.07. The van der Waals surface area contributed by atoms with Crippen molar-refractivity contribution in [2.45, 2.75) is 19.9 Å². The molecule has 0 aliphatic carbocycles. The van der Waals surface area contributed by atoms with E-state index in [2.05, 4.69) is 5.32 Å². The third kappa shape index (κ3) is 3.29. The summed E-state index contributed by atoms with van der Waals surface area (Å²) in [6.07, 6.45) is 0. The van der Waals surface area contributed by atoms with E-state index in [0.717, 1.165) is 6.07 Å². The molecule has 0 fully saturated rings. The lowest BCUT2D eigenvalue weighted by Crippen LogP contribution is -2.10. The maximum absolute atomic E-state index is 13.9. The van der Waals surface area contributed by atoms with Crippen LogP contribution in [0.25, 0.3) is 0 Å². The van der Waals surface area contributed by atoms with Crippen LogP contribution >= 0.6 is 0 Å². The SMILES string of the molecule is COc1cc(NC(C)c2cc(F)c(C)cc2F)ccc1F. The normalized spacial score (nSPS) is 12.1. The molecular formula is C16H16F3NO. The van der Waals surface area contributed by atoms with Gasteiger partial charge in [0.25, 0.3) is 0 Å². The van der Waals surface area contributed by atoms with Crippen LogP contribution in [-0.2, 0) is 0 Å². The molecule has 0 aromatic heterocycles. The minimum atomic E-state index is -0.483. The number of halogens is 3. The van der Waals surface area contributed by atoms with E-state index in [1.807, 2.05) is 0 Å². The molecule has 0 bridgehead atoms. The van der Waals surface area contributed by atoms with Crippen LogP contribution in [0.3, 0.4) is 0 Å². The quantitative estimate of drug-likeness (QED) is 0.890. The van der Waals surface area contributed by atoms with Crippen LogP contribution in [0.1, 0.15) is 24.1 Å². The first-order valence-electron chi connectivity index (χ1n) is 6.48. The zero-order valence-corrected chi connectivity index (χ0v) is 12.0. The highest BCUT2D eigenvalue weighted by atomic mass is 19.1. The number of methoxy groups -OCH3 is 1. The topological polar surface area (TPSA) is 21.3 Å². The van der Waals surface area contributed by atoms with Gasteiger partial charge < -0.3 is 10.1 Å². The average Bonchev–Trinajstić information content (AvgIpc) is 2.44. The third-order valence-electron chi connectivity index (χ3n) is 3.28. The van der Waals surface area contributed by atoms with Gasteiger partial charge in [-0.05, 0) is 43.7 Å². The average molecular weight is 295 g/mol. The second-order valence-electron chi connectivity index (χ2n) is 4.84. The lowest BCUT2D eigenvalue weighted by molar-refractivity contribution is 0.387. The van der Waals surface area contributed by atoms with Gasteiger partial charge in [0.05, 0.1) is 13.2 Å². The molecule has 2 aromatic carbocycles. The van der Waals surface area contributed by atoms with Crippen LogP contribution in [0.5, 0.6) is 5.75 Å². The highest BCUT2D eigenvalue weighted by molar-refractivity contribution is 5.50. The lowest BCUT2D eigenvalue weighted by Gasteiger charge is -2.17. The van der Waals surface area contributed by atoms with Crippen molar-refractivity contribution in [2.24, 2.45) is 0 Å². The van der Waals surface area contributed by atoms with Gasteiger partial charge in [-0.1, -0.05) is 0 Å². The molecule has 1 unspecified atom stereocenters. The molecule has 2 aromatic rings. The van der Waals surface area contributed by atoms with Gasteiger partial charge in [-0.2, -0.15) is 0 Å². The Labute approximate surface area is 121 Å². The predicted molar refractivity (Wildman–Crippen MR) is 76.1 cm³/mol. The van der Waals surface area contributed by atoms with Crippen molar-refractivity contribution in [1.29, 1.82) is 0 Å². The molecule has 0 amide bonds. The summed E-state index contributed by atoms with van der Waals surface area (Å²) < 4.78 is 45.7. The maximum Gasteiger partial charge on any atom is 0.165 e. The minimum Gasteiger partial charge on any atom is -0.494 e. The summed E-state index contributed by atoms with van der Waals surface area (Å²) >= 11 is 0. The summed E-state index contributed by atoms with van der Waals surface area (Å²) in [4.78, 5) is 0. The van der Waals surface area contributed by atoms with Crippen LogP contribution < -0.4 is 10.1 Å². The van der Waals surface area contributed by atoms with Crippen LogP contribution in [0.4, 0.5) is 18.9 Å². The van der Waals surface area contributed by atoms with Gasteiger partial charge in [0.15, 0.2) is 11.6 Å². The van der Waals surface area contributed by atoms with Gasteiger partial charge in [-0.15, -0.1) is 0 Å². The van der Waals surface area contributed by atoms with Gasteiger partial charge in [-0.3, -0.25) is 0 Å². The van der Waals surface area contributed by atoms with Crippen molar-refractivity contribution in [1.82, 2.24) is 0 Å². The van der Waals surface area contributed by atoms with E-state index >= 15 is 0 Å². The summed E-state index contributed by atoms with van der Waals surface area (Å²) in [6.45, 7) is 3.20. The molecule has 0 saturated carbocycles. The van der Waals surface area contributed by atoms with Crippen molar-refractivity contribution < 1.29 is 17.9 Å². The molecule has 0 radical (unpaired) electrons. The summed E-state index contributed by atoms with van der Waals surface area (Å²) in [5.74, 6) is -1.34. The first-order chi connectivity index (χ1) is 9.92. The lowest BCUT2D eigenvalue weighted by atomic mass is 10.0. The standard InChI is InChI=1S/C16H16F3NO/c1-9-6-15(19)12(8-14(9)18)10(2)20-11-4-5-13(17)16(7-11)21-3/h4-8,10,20H,1-3H3. The molecule has 0 aliphatic rings. The Balaban J connectivity index is 2.25. The number of rotatable bonds is 4. The van der Waals surface area contributed by atoms with Gasteiger partial charge in [0, 0.05) is 17.3 Å². The molecule has 5 heteroatoms. The fraction of sp³-hybridized carbons (Fsp3) is 0.250. The number of aryl methyl sites for hydroxylation is 1. The number of ether oxygens (including phenoxy) is 1. The molecule has 1 N–H and O–H groups in total. The monoisotopic (exact) mass is 295 g/mol. The highest BCUT2D eigenvalue weighted by Crippen LogP contribution is 2.27. The predicted octanol–water partition coefficient (Wildman–Crippen LogP) is 4.59. The molecule has 2 nitrogen and oxygen atoms in total. The maximum atomic E-state index is 13.9. The fourth-order valence-electron chi connectivity index (χ4n) is 2.07. The number of nitrogens with one attached hydrogen (secondary N) is 1. The van der Waals surface area contributed by atoms with Crippen molar-refractivity contribution in [3.8, 4) is 5.75 Å². The van der Waals surface area contributed by atoms with Crippen LogP contribution in [-0.4, -0.2) is 7.11 Å². The van der Waals surface area contributed by atoms with E-state index in [0.29, 0.717) is 5.69 Å². The Morgan fingerprint density at radius 3 is 2.38 bits per heavy atom. The molecule has 0 aliphatic heterocycles. The Morgan fingerprint density at radius 1 is 1.00 bits per heavy atom. The Kier molecular flexibility index (Phi) is 4.40. The number of hydrogen-bond acceptors (Lipinski definition) is 2. The smallest absolute Gasteiger partial charge is 0.165 e. The first-order valence-corrected chi connectivity index (χ1v) is 6.48. The van der Waals surface area contributed by atoms with Gasteiger partial charge >= 0.3 is 0 Å². The van der Waals surface area contributed by atoms with Gasteiger partial charge in [0.2, 0.25) is 0 Å². The molecule has 0 spiro atoms. The van der Waals surface area contributed by atoms with Gasteiger partial charge in [0.1, 0.15) is 11.6 Å². The molecule has 0 saturated heterocycles. The second kappa shape index (κ2) is 6.08. The van der Waals surface area contributed by atoms with E-state index in [1.165, 1.54) is 38.3 Å². The van der Waals surface area contributed by atoms with Crippen LogP contribution in [0.2, 0.25) is 0 Å². The van der Waals surface area contributed by atoms with Crippen LogP contribution in [0.15, 0.2) is 30.3 Å². The molecule has 112 valence electrons. The van der Waals surface area contributed by atoms with Crippen molar-refractivity contribution in [3.63, 3.8) is 0 Å². The van der Waals surface area contributed by atoms with Crippen molar-refractivity contribution >= 4 is 5.69 Å². The molecular weight excluding hydrogens is 279 g/mol. The van der Waals surface area contributed by atoms with Crippen LogP contribution in [0, 0.1) is 24.4 Å². The van der Waals surface area contributed by atoms with E-state index in [-0.39, 0.29) is 16.9 Å². The zero-order chi connectivity index (χ0) is 15.6. The van der Waals surface area contributed by atoms with E-state index < -0.39 is 23.5 Å². The molecule has 0 heterocycles. The summed E-state index contributed by atoms with van der Waals surface area (Å²) in [5.41, 5.74) is 1.02. The number of hydrogen-bond donors (Lipinski definition) is 1. The molecule has 1 atom stereocenters. The Hall–Kier alpha value is -2.17. The van der Waals surface area contributed by atoms with E-state index in [4.69, 9.17) is 4.74 Å². The summed E-state index contributed by atoms with van der Waals surface area (Å²) in [6, 6.07) is 6.08. The second-order valence-corrected chi connectivity index (χ2v) is 4.84. The molecule has 2 rings (SSSR count). The Morgan fingerprint density at radius 2 is 1.71 bits per heavy atom. The third-order valence-corrected chi connectivity index (χ3v) is 3.28. The van der Waals surface area contributed by atoms with E-state index in [1.54, 1.807) is 6.92 Å². The number of anilines is 1. The Bertz CT molecular complexity index is 658. The molecule has 21 heavy (non-hydrogen) atoms.